The van der Waals surface area contributed by atoms with Crippen LogP contribution in [0.5, 0.6) is 0 Å². The van der Waals surface area contributed by atoms with Crippen LogP contribution in [0.4, 0.5) is 0 Å². The molecule has 0 aromatic rings. The number of hydrogen-bond acceptors (Lipinski definition) is 5. The Balaban J connectivity index is 4.79. The zero-order valence-corrected chi connectivity index (χ0v) is 10.3. The van der Waals surface area contributed by atoms with Crippen molar-refractivity contribution in [1.29, 1.82) is 0 Å². The summed E-state index contributed by atoms with van der Waals surface area (Å²) >= 11 is 0. The molecule has 0 saturated heterocycles. The normalized spacial score (nSPS) is 14.2. The van der Waals surface area contributed by atoms with Gasteiger partial charge in [-0.3, -0.25) is 4.55 Å². The monoisotopic (exact) mass is 252 g/mol. The van der Waals surface area contributed by atoms with Crippen LogP contribution in [0, 0.1) is 0 Å². The number of hydrogen-bond donors (Lipinski definition) is 1. The highest BCUT2D eigenvalue weighted by molar-refractivity contribution is 7.80. The first kappa shape index (κ1) is 15.1. The molecule has 0 saturated carbocycles. The van der Waals surface area contributed by atoms with E-state index in [1.165, 1.54) is 13.8 Å². The molecule has 0 fully saturated rings. The van der Waals surface area contributed by atoms with Crippen molar-refractivity contribution in [3.63, 3.8) is 0 Å². The standard InChI is InChI=1S/C9H16O6S/c1-5-7(14-8(10)6-2)9(3,4)15-16(11,12)13/h6-7H,2,5H2,1,3-4H3,(H,11,12,13). The smallest absolute Gasteiger partial charge is 0.398 e. The average Bonchev–Trinajstić information content (AvgIpc) is 2.09. The SMILES string of the molecule is C=CC(=O)OC(CC)C(C)(C)OS(=O)(=O)O. The molecule has 0 spiro atoms. The predicted molar refractivity (Wildman–Crippen MR) is 57.1 cm³/mol. The second-order valence-electron chi connectivity index (χ2n) is 3.65. The number of carbonyl (C=O) groups is 1. The first-order chi connectivity index (χ1) is 7.12. The lowest BCUT2D eigenvalue weighted by Gasteiger charge is -2.30. The molecule has 0 aliphatic heterocycles. The van der Waals surface area contributed by atoms with E-state index in [1.807, 2.05) is 0 Å². The Bertz CT molecular complexity index is 356. The van der Waals surface area contributed by atoms with Crippen LogP contribution in [0.1, 0.15) is 27.2 Å². The maximum atomic E-state index is 11.0. The van der Waals surface area contributed by atoms with Crippen molar-refractivity contribution in [3.8, 4) is 0 Å². The van der Waals surface area contributed by atoms with Gasteiger partial charge in [-0.05, 0) is 20.3 Å². The van der Waals surface area contributed by atoms with E-state index in [0.717, 1.165) is 6.08 Å². The summed E-state index contributed by atoms with van der Waals surface area (Å²) in [5.41, 5.74) is -1.35. The molecule has 1 unspecified atom stereocenters. The van der Waals surface area contributed by atoms with Crippen LogP contribution in [0.3, 0.4) is 0 Å². The van der Waals surface area contributed by atoms with E-state index in [1.54, 1.807) is 6.92 Å². The van der Waals surface area contributed by atoms with Crippen molar-refractivity contribution in [2.75, 3.05) is 0 Å². The van der Waals surface area contributed by atoms with Crippen LogP contribution < -0.4 is 0 Å². The summed E-state index contributed by atoms with van der Waals surface area (Å²) in [5.74, 6) is -0.682. The van der Waals surface area contributed by atoms with Crippen LogP contribution in [0.15, 0.2) is 12.7 Å². The summed E-state index contributed by atoms with van der Waals surface area (Å²) in [5, 5.41) is 0. The van der Waals surface area contributed by atoms with Gasteiger partial charge in [-0.15, -0.1) is 0 Å². The highest BCUT2D eigenvalue weighted by atomic mass is 32.3. The van der Waals surface area contributed by atoms with Gasteiger partial charge in [-0.2, -0.15) is 8.42 Å². The Morgan fingerprint density at radius 3 is 2.38 bits per heavy atom. The number of esters is 1. The Morgan fingerprint density at radius 2 is 2.06 bits per heavy atom. The molecule has 0 amide bonds. The summed E-state index contributed by atoms with van der Waals surface area (Å²) in [6.07, 6.45) is 0.494. The van der Waals surface area contributed by atoms with Crippen LogP contribution in [-0.2, 0) is 24.1 Å². The van der Waals surface area contributed by atoms with Crippen molar-refractivity contribution in [2.45, 2.75) is 38.9 Å². The molecule has 0 heterocycles. The van der Waals surface area contributed by atoms with E-state index < -0.39 is 28.1 Å². The topological polar surface area (TPSA) is 89.9 Å². The molecule has 0 aromatic heterocycles. The molecule has 0 rings (SSSR count). The summed E-state index contributed by atoms with van der Waals surface area (Å²) in [6.45, 7) is 7.70. The van der Waals surface area contributed by atoms with E-state index >= 15 is 0 Å². The highest BCUT2D eigenvalue weighted by Gasteiger charge is 2.36. The Morgan fingerprint density at radius 1 is 1.56 bits per heavy atom. The Labute approximate surface area is 95.2 Å². The van der Waals surface area contributed by atoms with Gasteiger partial charge >= 0.3 is 16.4 Å². The largest absolute Gasteiger partial charge is 0.456 e. The van der Waals surface area contributed by atoms with E-state index in [-0.39, 0.29) is 0 Å². The number of rotatable bonds is 6. The van der Waals surface area contributed by atoms with Gasteiger partial charge in [0.2, 0.25) is 0 Å². The van der Waals surface area contributed by atoms with Crippen LogP contribution in [-0.4, -0.2) is 30.6 Å². The van der Waals surface area contributed by atoms with Crippen LogP contribution >= 0.6 is 0 Å². The fourth-order valence-corrected chi connectivity index (χ4v) is 1.88. The molecular formula is C9H16O6S. The fourth-order valence-electron chi connectivity index (χ4n) is 1.23. The van der Waals surface area contributed by atoms with E-state index in [4.69, 9.17) is 9.29 Å². The summed E-state index contributed by atoms with van der Waals surface area (Å²) in [4.78, 5) is 11.0. The highest BCUT2D eigenvalue weighted by Crippen LogP contribution is 2.22. The first-order valence-corrected chi connectivity index (χ1v) is 6.00. The molecule has 0 radical (unpaired) electrons. The quantitative estimate of drug-likeness (QED) is 0.432. The van der Waals surface area contributed by atoms with Gasteiger partial charge in [0, 0.05) is 6.08 Å². The molecule has 7 heteroatoms. The van der Waals surface area contributed by atoms with Crippen LogP contribution in [0.25, 0.3) is 0 Å². The van der Waals surface area contributed by atoms with Gasteiger partial charge in [0.25, 0.3) is 0 Å². The third kappa shape index (κ3) is 5.24. The minimum atomic E-state index is -4.60. The molecule has 0 bridgehead atoms. The Kier molecular flexibility index (Phi) is 5.11. The molecule has 0 aromatic carbocycles. The van der Waals surface area contributed by atoms with Crippen molar-refractivity contribution < 1.29 is 26.7 Å². The van der Waals surface area contributed by atoms with Crippen molar-refractivity contribution in [2.24, 2.45) is 0 Å². The molecular weight excluding hydrogens is 236 g/mol. The summed E-state index contributed by atoms with van der Waals surface area (Å²) < 4.78 is 39.1. The van der Waals surface area contributed by atoms with E-state index in [2.05, 4.69) is 10.8 Å². The molecule has 16 heavy (non-hydrogen) atoms. The zero-order valence-electron chi connectivity index (χ0n) is 9.47. The molecule has 6 nitrogen and oxygen atoms in total. The van der Waals surface area contributed by atoms with Gasteiger partial charge in [-0.25, -0.2) is 8.98 Å². The van der Waals surface area contributed by atoms with Gasteiger partial charge in [0.15, 0.2) is 0 Å². The first-order valence-electron chi connectivity index (χ1n) is 4.63. The minimum Gasteiger partial charge on any atom is -0.456 e. The zero-order chi connectivity index (χ0) is 13.0. The molecule has 1 atom stereocenters. The van der Waals surface area contributed by atoms with Crippen LogP contribution in [0.2, 0.25) is 0 Å². The molecule has 0 aliphatic rings. The lowest BCUT2D eigenvalue weighted by atomic mass is 10.00. The third-order valence-corrected chi connectivity index (χ3v) is 2.53. The van der Waals surface area contributed by atoms with E-state index in [9.17, 15) is 13.2 Å². The van der Waals surface area contributed by atoms with Crippen molar-refractivity contribution in [1.82, 2.24) is 0 Å². The average molecular weight is 252 g/mol. The second kappa shape index (κ2) is 5.42. The van der Waals surface area contributed by atoms with Gasteiger partial charge in [0.05, 0.1) is 0 Å². The van der Waals surface area contributed by atoms with Gasteiger partial charge in [-0.1, -0.05) is 13.5 Å². The second-order valence-corrected chi connectivity index (χ2v) is 4.67. The molecule has 94 valence electrons. The lowest BCUT2D eigenvalue weighted by molar-refractivity contribution is -0.154. The number of ether oxygens (including phenoxy) is 1. The lowest BCUT2D eigenvalue weighted by Crippen LogP contribution is -2.43. The number of carbonyl (C=O) groups excluding carboxylic acids is 1. The minimum absolute atomic E-state index is 0.335. The van der Waals surface area contributed by atoms with Gasteiger partial charge in [0.1, 0.15) is 11.7 Å². The molecule has 0 aliphatic carbocycles. The Hall–Kier alpha value is -0.920. The fraction of sp³-hybridized carbons (Fsp3) is 0.667. The molecule has 1 N–H and O–H groups in total. The third-order valence-electron chi connectivity index (χ3n) is 1.89. The maximum absolute atomic E-state index is 11.0. The summed E-state index contributed by atoms with van der Waals surface area (Å²) in [7, 11) is -4.60. The van der Waals surface area contributed by atoms with E-state index in [0.29, 0.717) is 6.42 Å². The van der Waals surface area contributed by atoms with Crippen molar-refractivity contribution >= 4 is 16.4 Å². The van der Waals surface area contributed by atoms with Crippen molar-refractivity contribution in [3.05, 3.63) is 12.7 Å². The van der Waals surface area contributed by atoms with Gasteiger partial charge < -0.3 is 4.74 Å². The predicted octanol–water partition coefficient (Wildman–Crippen LogP) is 1.09. The summed E-state index contributed by atoms with van der Waals surface area (Å²) in [6, 6.07) is 0. The maximum Gasteiger partial charge on any atom is 0.398 e.